The van der Waals surface area contributed by atoms with Gasteiger partial charge in [0.25, 0.3) is 11.5 Å². The van der Waals surface area contributed by atoms with E-state index in [1.807, 2.05) is 34.9 Å². The first-order chi connectivity index (χ1) is 16.7. The van der Waals surface area contributed by atoms with E-state index in [0.717, 1.165) is 74.1 Å². The van der Waals surface area contributed by atoms with Crippen LogP contribution in [0.25, 0.3) is 15.9 Å². The van der Waals surface area contributed by atoms with E-state index in [4.69, 9.17) is 0 Å². The maximum Gasteiger partial charge on any atom is 0.262 e. The van der Waals surface area contributed by atoms with Crippen LogP contribution in [0.15, 0.2) is 41.5 Å². The van der Waals surface area contributed by atoms with E-state index in [1.165, 1.54) is 15.3 Å². The molecule has 0 unspecified atom stereocenters. The Bertz CT molecular complexity index is 1350. The maximum absolute atomic E-state index is 13.3. The molecule has 11 heteroatoms. The topological polar surface area (TPSA) is 89.4 Å². The van der Waals surface area contributed by atoms with Crippen LogP contribution in [0.5, 0.6) is 0 Å². The molecule has 6 rings (SSSR count). The van der Waals surface area contributed by atoms with E-state index < -0.39 is 0 Å². The predicted octanol–water partition coefficient (Wildman–Crippen LogP) is -0.173. The van der Waals surface area contributed by atoms with Gasteiger partial charge in [0.05, 0.1) is 56.7 Å². The smallest absolute Gasteiger partial charge is 0.262 e. The molecule has 0 radical (unpaired) electrons. The standard InChI is InChI=1S/C23H27N9OS/c1-28-8-7-18-19(15-28)34-21-20(18)22(33)31(16-24-21)14-11-29-9-12-30(13-10-29)23-25-26-27-32(23)17-5-3-2-4-6-17/h2-6,16H,7-15H2,1H3/p+1. The SMILES string of the molecule is CN1CCc2c(sc3ncn(CC[NH+]4CCN(c5nnnn5-c5ccccc5)CC4)c(=O)c23)C1. The van der Waals surface area contributed by atoms with E-state index in [1.54, 1.807) is 22.3 Å². The Kier molecular flexibility index (Phi) is 5.60. The number of benzene rings is 1. The highest BCUT2D eigenvalue weighted by atomic mass is 32.1. The number of aromatic nitrogens is 6. The predicted molar refractivity (Wildman–Crippen MR) is 131 cm³/mol. The van der Waals surface area contributed by atoms with Gasteiger partial charge in [-0.1, -0.05) is 23.3 Å². The summed E-state index contributed by atoms with van der Waals surface area (Å²) in [7, 11) is 2.13. The van der Waals surface area contributed by atoms with Crippen molar-refractivity contribution in [2.75, 3.05) is 51.2 Å². The average molecular weight is 479 g/mol. The Hall–Kier alpha value is -3.15. The average Bonchev–Trinajstić information content (AvgIpc) is 3.49. The highest BCUT2D eigenvalue weighted by molar-refractivity contribution is 7.18. The lowest BCUT2D eigenvalue weighted by molar-refractivity contribution is -0.901. The van der Waals surface area contributed by atoms with Gasteiger partial charge in [0.2, 0.25) is 0 Å². The zero-order chi connectivity index (χ0) is 23.1. The van der Waals surface area contributed by atoms with Crippen LogP contribution >= 0.6 is 11.3 Å². The summed E-state index contributed by atoms with van der Waals surface area (Å²) < 4.78 is 3.60. The van der Waals surface area contributed by atoms with Crippen LogP contribution in [0.1, 0.15) is 10.4 Å². The van der Waals surface area contributed by atoms with Crippen molar-refractivity contribution in [3.8, 4) is 5.69 Å². The van der Waals surface area contributed by atoms with Crippen molar-refractivity contribution in [2.24, 2.45) is 0 Å². The van der Waals surface area contributed by atoms with E-state index in [9.17, 15) is 4.79 Å². The molecule has 0 spiro atoms. The first-order valence-electron chi connectivity index (χ1n) is 11.8. The number of nitrogens with zero attached hydrogens (tertiary/aromatic N) is 8. The van der Waals surface area contributed by atoms with Crippen molar-refractivity contribution in [1.29, 1.82) is 0 Å². The van der Waals surface area contributed by atoms with Gasteiger partial charge in [-0.2, -0.15) is 4.68 Å². The number of nitrogens with one attached hydrogen (secondary N) is 1. The number of para-hydroxylation sites is 1. The lowest BCUT2D eigenvalue weighted by Crippen LogP contribution is -3.15. The molecule has 1 N–H and O–H groups in total. The minimum atomic E-state index is 0.118. The van der Waals surface area contributed by atoms with Gasteiger partial charge in [-0.15, -0.1) is 11.3 Å². The Morgan fingerprint density at radius 1 is 1.12 bits per heavy atom. The molecule has 2 aliphatic rings. The van der Waals surface area contributed by atoms with Crippen LogP contribution in [0, 0.1) is 0 Å². The minimum absolute atomic E-state index is 0.118. The molecule has 0 atom stereocenters. The van der Waals surface area contributed by atoms with E-state index >= 15 is 0 Å². The molecule has 1 fully saturated rings. The second-order valence-electron chi connectivity index (χ2n) is 9.13. The first kappa shape index (κ1) is 21.4. The van der Waals surface area contributed by atoms with Crippen LogP contribution in [0.4, 0.5) is 5.95 Å². The molecule has 5 heterocycles. The summed E-state index contributed by atoms with van der Waals surface area (Å²) >= 11 is 1.68. The molecule has 3 aromatic heterocycles. The molecule has 2 aliphatic heterocycles. The summed E-state index contributed by atoms with van der Waals surface area (Å²) in [4.78, 5) is 26.1. The lowest BCUT2D eigenvalue weighted by atomic mass is 10.1. The number of anilines is 1. The quantitative estimate of drug-likeness (QED) is 0.426. The van der Waals surface area contributed by atoms with E-state index in [-0.39, 0.29) is 5.56 Å². The Morgan fingerprint density at radius 3 is 2.76 bits per heavy atom. The number of piperazine rings is 1. The van der Waals surface area contributed by atoms with Crippen LogP contribution < -0.4 is 15.4 Å². The van der Waals surface area contributed by atoms with Crippen molar-refractivity contribution in [3.05, 3.63) is 57.5 Å². The zero-order valence-corrected chi connectivity index (χ0v) is 20.0. The van der Waals surface area contributed by atoms with Gasteiger partial charge in [-0.05, 0) is 41.6 Å². The Balaban J connectivity index is 1.11. The first-order valence-corrected chi connectivity index (χ1v) is 12.6. The summed E-state index contributed by atoms with van der Waals surface area (Å²) in [5, 5.41) is 13.2. The third-order valence-corrected chi connectivity index (χ3v) is 8.06. The number of quaternary nitrogens is 1. The van der Waals surface area contributed by atoms with Gasteiger partial charge >= 0.3 is 0 Å². The van der Waals surface area contributed by atoms with Gasteiger partial charge in [-0.3, -0.25) is 9.36 Å². The second kappa shape index (κ2) is 8.90. The molecule has 0 bridgehead atoms. The summed E-state index contributed by atoms with van der Waals surface area (Å²) in [6.07, 6.45) is 2.67. The summed E-state index contributed by atoms with van der Waals surface area (Å²) in [6.45, 7) is 7.20. The summed E-state index contributed by atoms with van der Waals surface area (Å²) in [5.41, 5.74) is 2.30. The van der Waals surface area contributed by atoms with Gasteiger partial charge in [0.1, 0.15) is 4.83 Å². The molecule has 1 saturated heterocycles. The molecular weight excluding hydrogens is 450 g/mol. The fourth-order valence-electron chi connectivity index (χ4n) is 4.97. The van der Waals surface area contributed by atoms with Crippen molar-refractivity contribution >= 4 is 27.5 Å². The van der Waals surface area contributed by atoms with Crippen LogP contribution in [-0.2, 0) is 19.5 Å². The summed E-state index contributed by atoms with van der Waals surface area (Å²) in [5.74, 6) is 0.781. The third kappa shape index (κ3) is 3.89. The largest absolute Gasteiger partial charge is 0.331 e. The molecular formula is C23H28N9OS+. The molecule has 1 aromatic carbocycles. The third-order valence-electron chi connectivity index (χ3n) is 6.93. The molecule has 0 saturated carbocycles. The number of likely N-dealkylation sites (N-methyl/N-ethyl adjacent to an activating group) is 1. The van der Waals surface area contributed by atoms with Crippen molar-refractivity contribution < 1.29 is 4.90 Å². The van der Waals surface area contributed by atoms with Crippen molar-refractivity contribution in [2.45, 2.75) is 19.5 Å². The minimum Gasteiger partial charge on any atom is -0.331 e. The Morgan fingerprint density at radius 2 is 1.94 bits per heavy atom. The van der Waals surface area contributed by atoms with Gasteiger partial charge in [0, 0.05) is 18.0 Å². The van der Waals surface area contributed by atoms with Crippen LogP contribution in [-0.4, -0.2) is 81.0 Å². The fraction of sp³-hybridized carbons (Fsp3) is 0.435. The van der Waals surface area contributed by atoms with Gasteiger partial charge < -0.3 is 14.7 Å². The van der Waals surface area contributed by atoms with E-state index in [2.05, 4.69) is 37.4 Å². The molecule has 176 valence electrons. The zero-order valence-electron chi connectivity index (χ0n) is 19.2. The van der Waals surface area contributed by atoms with Crippen molar-refractivity contribution in [1.82, 2.24) is 34.7 Å². The number of tetrazole rings is 1. The van der Waals surface area contributed by atoms with Gasteiger partial charge in [0.15, 0.2) is 0 Å². The number of hydrogen-bond donors (Lipinski definition) is 1. The number of rotatable bonds is 5. The monoisotopic (exact) mass is 478 g/mol. The molecule has 0 amide bonds. The number of thiophene rings is 1. The molecule has 10 nitrogen and oxygen atoms in total. The number of hydrogen-bond acceptors (Lipinski definition) is 8. The number of fused-ring (bicyclic) bond motifs is 3. The fourth-order valence-corrected chi connectivity index (χ4v) is 6.23. The Labute approximate surface area is 201 Å². The van der Waals surface area contributed by atoms with Crippen LogP contribution in [0.3, 0.4) is 0 Å². The van der Waals surface area contributed by atoms with Crippen LogP contribution in [0.2, 0.25) is 0 Å². The highest BCUT2D eigenvalue weighted by Crippen LogP contribution is 2.31. The normalized spacial score (nSPS) is 17.4. The van der Waals surface area contributed by atoms with Crippen molar-refractivity contribution in [3.63, 3.8) is 0 Å². The molecule has 0 aliphatic carbocycles. The van der Waals surface area contributed by atoms with E-state index in [0.29, 0.717) is 6.54 Å². The van der Waals surface area contributed by atoms with Gasteiger partial charge in [-0.25, -0.2) is 4.98 Å². The lowest BCUT2D eigenvalue weighted by Gasteiger charge is -2.32. The molecule has 4 aromatic rings. The molecule has 34 heavy (non-hydrogen) atoms. The maximum atomic E-state index is 13.3. The second-order valence-corrected chi connectivity index (χ2v) is 10.2. The summed E-state index contributed by atoms with van der Waals surface area (Å²) in [6, 6.07) is 9.97. The highest BCUT2D eigenvalue weighted by Gasteiger charge is 2.25.